The zero-order chi connectivity index (χ0) is 109. The van der Waals surface area contributed by atoms with E-state index in [2.05, 4.69) is 57.9 Å². The van der Waals surface area contributed by atoms with E-state index in [1.807, 2.05) is 218 Å². The van der Waals surface area contributed by atoms with Crippen LogP contribution >= 0.6 is 0 Å². The van der Waals surface area contributed by atoms with Crippen LogP contribution < -0.4 is 70.0 Å². The van der Waals surface area contributed by atoms with Gasteiger partial charge in [0, 0.05) is 6.42 Å². The summed E-state index contributed by atoms with van der Waals surface area (Å²) in [5, 5.41) is 37.8. The molecule has 0 saturated heterocycles. The maximum Gasteiger partial charge on any atom is 0.471 e. The Labute approximate surface area is 839 Å². The number of nitrogens with one attached hydrogen (secondary N) is 11. The van der Waals surface area contributed by atoms with Crippen LogP contribution in [0.1, 0.15) is 212 Å². The van der Waals surface area contributed by atoms with E-state index < -0.39 is 125 Å². The van der Waals surface area contributed by atoms with Crippen molar-refractivity contribution in [3.05, 3.63) is 179 Å². The maximum atomic E-state index is 12.8. The largest absolute Gasteiger partial charge is 0.480 e. The van der Waals surface area contributed by atoms with Gasteiger partial charge in [0.05, 0.1) is 38.9 Å². The van der Waals surface area contributed by atoms with Crippen molar-refractivity contribution in [2.75, 3.05) is 62.0 Å². The predicted octanol–water partition coefficient (Wildman–Crippen LogP) is 10.0. The van der Waals surface area contributed by atoms with Crippen molar-refractivity contribution in [1.82, 2.24) is 58.5 Å². The second-order valence-electron chi connectivity index (χ2n) is 39.7. The van der Waals surface area contributed by atoms with Crippen LogP contribution in [0.5, 0.6) is 0 Å². The molecule has 10 atom stereocenters. The van der Waals surface area contributed by atoms with Crippen molar-refractivity contribution in [2.45, 2.75) is 306 Å². The predicted molar refractivity (Wildman–Crippen MR) is 543 cm³/mol. The molecule has 0 aliphatic rings. The van der Waals surface area contributed by atoms with E-state index in [0.29, 0.717) is 62.8 Å². The molecule has 5 aromatic carbocycles. The number of carboxylic acid groups (broad SMARTS) is 1. The fraction of sp³-hybridized carbons (Fsp3) is 0.581. The minimum Gasteiger partial charge on any atom is -0.480 e. The third kappa shape index (κ3) is 65.3. The number of alkyl halides is 3. The van der Waals surface area contributed by atoms with Crippen LogP contribution in [-0.4, -0.2) is 239 Å². The monoisotopic (exact) mass is 2000 g/mol. The molecular formula is C105H166F3N13O21. The summed E-state index contributed by atoms with van der Waals surface area (Å²) in [6, 6.07) is 40.4. The van der Waals surface area contributed by atoms with Gasteiger partial charge in [-0.15, -0.1) is 0 Å². The molecule has 37 heteroatoms. The lowest BCUT2D eigenvalue weighted by atomic mass is 10.0. The quantitative estimate of drug-likeness (QED) is 0.0127. The van der Waals surface area contributed by atoms with Gasteiger partial charge in [-0.3, -0.25) is 57.5 Å². The number of halogens is 3. The number of nitrogens with two attached hydrogens (primary N) is 2. The van der Waals surface area contributed by atoms with Crippen molar-refractivity contribution < 1.29 is 114 Å². The number of rotatable bonds is 44. The first-order valence-electron chi connectivity index (χ1n) is 47.7. The van der Waals surface area contributed by atoms with Crippen molar-refractivity contribution >= 4 is 83.1 Å². The lowest BCUT2D eigenvalue weighted by Crippen LogP contribution is -2.56. The van der Waals surface area contributed by atoms with Crippen LogP contribution in [0.4, 0.5) is 13.2 Å². The van der Waals surface area contributed by atoms with Crippen LogP contribution in [0.3, 0.4) is 0 Å². The molecule has 0 aliphatic heterocycles. The van der Waals surface area contributed by atoms with E-state index in [4.69, 9.17) is 40.3 Å². The Bertz CT molecular complexity index is 4510. The zero-order valence-corrected chi connectivity index (χ0v) is 88.7. The molecule has 0 aliphatic carbocycles. The third-order valence-electron chi connectivity index (χ3n) is 19.3. The van der Waals surface area contributed by atoms with Crippen LogP contribution in [-0.2, 0) is 128 Å². The highest BCUT2D eigenvalue weighted by Gasteiger charge is 2.42. The molecular weight excluding hydrogens is 1840 g/mol. The number of hydrogen-bond acceptors (Lipinski definition) is 26. The number of hydrogen-bond donors (Lipinski definition) is 14. The molecule has 0 fully saturated rings. The molecule has 5 rings (SSSR count). The summed E-state index contributed by atoms with van der Waals surface area (Å²) >= 11 is 0. The van der Waals surface area contributed by atoms with Gasteiger partial charge in [-0.25, -0.2) is 9.59 Å². The molecule has 0 unspecified atom stereocenters. The molecule has 0 radical (unpaired) electrons. The highest BCUT2D eigenvalue weighted by Crippen LogP contribution is 2.20. The van der Waals surface area contributed by atoms with Crippen molar-refractivity contribution in [3.63, 3.8) is 0 Å². The number of likely N-dealkylation sites (N-methyl/N-ethyl adjacent to an activating group) is 4. The number of carboxylic acids is 1. The van der Waals surface area contributed by atoms with Gasteiger partial charge in [-0.1, -0.05) is 221 Å². The summed E-state index contributed by atoms with van der Waals surface area (Å²) in [6.07, 6.45) is -0.773. The summed E-state index contributed by atoms with van der Waals surface area (Å²) in [5.41, 5.74) is 13.4. The van der Waals surface area contributed by atoms with Gasteiger partial charge in [-0.2, -0.15) is 13.2 Å². The van der Waals surface area contributed by atoms with Crippen LogP contribution in [0.25, 0.3) is 0 Å². The number of methoxy groups -OCH3 is 2. The van der Waals surface area contributed by atoms with Gasteiger partial charge in [0.2, 0.25) is 35.4 Å². The number of carbonyl (C=O) groups is 14. The lowest BCUT2D eigenvalue weighted by Gasteiger charge is -2.27. The normalized spacial score (nSPS) is 13.3. The second kappa shape index (κ2) is 69.2. The Kier molecular flexibility index (Phi) is 64.5. The van der Waals surface area contributed by atoms with E-state index in [9.17, 15) is 80.3 Å². The summed E-state index contributed by atoms with van der Waals surface area (Å²) in [4.78, 5) is 167. The zero-order valence-electron chi connectivity index (χ0n) is 88.7. The Morgan fingerprint density at radius 3 is 0.817 bits per heavy atom. The SMILES string of the molecule is CC(C)(C)OC(=O)CN.CC(C)C[C@H](N)C(=O)OC(C)(C)C.CC(C)C[C@H](NC(=O)[C@H](Cc1ccccc1)NC(=O)C(F)(F)F)C(=O)NCC(=O)O.CN[C@@H](Cc1ccccc1)C(=O)N[C@@H](CC(C)C)C(=O)NCC(=O)OC(C)(C)C.CN[C@@H](Cc1ccccc1)C(=O)N[C@@H](CC(C)C)C(=O)OC.CN[C@@H](Cc1ccccc1)C(=O)N[C@@H](CC(C)C)C(=O)OC(C)(C)C.CN[C@@H](Cc1ccccc1)C(=O)OC. The summed E-state index contributed by atoms with van der Waals surface area (Å²) in [5.74, 6) is -7.53. The molecule has 7 amide bonds. The minimum absolute atomic E-state index is 0.0444. The Balaban J connectivity index is 0. The molecule has 0 aromatic heterocycles. The van der Waals surface area contributed by atoms with Crippen LogP contribution in [0, 0.1) is 29.6 Å². The van der Waals surface area contributed by atoms with E-state index in [0.717, 1.165) is 22.3 Å². The van der Waals surface area contributed by atoms with Crippen LogP contribution in [0.15, 0.2) is 152 Å². The number of aliphatic carboxylic acids is 1. The Hall–Kier alpha value is -11.8. The molecule has 798 valence electrons. The molecule has 34 nitrogen and oxygen atoms in total. The standard InChI is InChI=1S/C22H35N3O4.C20H32N2O3.C19H24F3N3O5.C17H26N2O3.C11H15NO2.C10H21NO2.C6H13NO2/c1-15(2)12-18(20(27)24-14-19(26)29-22(3,4)5)25-21(28)17(23-6)13-16-10-8-7-9-11-16;1-14(2)12-17(19(24)25-20(3,4)5)22-18(23)16(21-6)13-15-10-8-7-9-11-15;1-11(2)8-13(16(28)23-10-15(26)27)24-17(29)14(25-18(30)19(20,21)22)9-12-6-4-3-5-7-12;1-12(2)10-15(17(21)22-4)19-16(20)14(18-3)11-13-8-6-5-7-9-13;1-12-10(11(13)14-2)8-9-6-4-3-5-7-9;1-7(2)6-8(11)9(12)13-10(3,4)5;1-6(2,3)9-5(8)4-7/h7-11,15,17-18,23H,12-14H2,1-6H3,(H,24,27)(H,25,28);7-11,14,16-17,21H,12-13H2,1-6H3,(H,22,23);3-7,11,13-14H,8-10H2,1-2H3,(H,23,28)(H,24,29)(H,25,30)(H,26,27);5-9,12,14-15,18H,10-11H2,1-4H3,(H,19,20);3-7,10,12H,8H2,1-2H3;7-8H,6,11H2,1-5H3;4,7H2,1-3H3/t17-,18-;16-,17-;13-,14-;14-,15-;10-;8-;/m000000./s1. The van der Waals surface area contributed by atoms with Gasteiger partial charge in [-0.05, 0) is 226 Å². The van der Waals surface area contributed by atoms with Crippen molar-refractivity contribution in [3.8, 4) is 0 Å². The van der Waals surface area contributed by atoms with Gasteiger partial charge in [0.1, 0.15) is 77.8 Å². The molecule has 0 saturated carbocycles. The van der Waals surface area contributed by atoms with Gasteiger partial charge in [0.25, 0.3) is 0 Å². The Morgan fingerprint density at radius 1 is 0.310 bits per heavy atom. The minimum atomic E-state index is -5.19. The number of esters is 6. The molecule has 0 heterocycles. The average Bonchev–Trinajstić information content (AvgIpc) is 0.959. The van der Waals surface area contributed by atoms with Crippen LogP contribution in [0.2, 0.25) is 0 Å². The molecule has 142 heavy (non-hydrogen) atoms. The summed E-state index contributed by atoms with van der Waals surface area (Å²) in [7, 11) is 9.69. The molecule has 16 N–H and O–H groups in total. The highest BCUT2D eigenvalue weighted by molar-refractivity contribution is 5.95. The van der Waals surface area contributed by atoms with Gasteiger partial charge >= 0.3 is 53.9 Å². The number of amides is 7. The van der Waals surface area contributed by atoms with Crippen molar-refractivity contribution in [1.29, 1.82) is 0 Å². The smallest absolute Gasteiger partial charge is 0.471 e. The second-order valence-corrected chi connectivity index (χ2v) is 39.7. The topological polar surface area (TPSA) is 499 Å². The van der Waals surface area contributed by atoms with E-state index in [1.165, 1.54) is 14.2 Å². The molecule has 5 aromatic rings. The fourth-order valence-corrected chi connectivity index (χ4v) is 12.8. The third-order valence-corrected chi connectivity index (χ3v) is 19.3. The lowest BCUT2D eigenvalue weighted by molar-refractivity contribution is -0.174. The average molecular weight is 2000 g/mol. The number of carbonyl (C=O) groups excluding carboxylic acids is 13. The molecule has 0 spiro atoms. The molecule has 0 bridgehead atoms. The first kappa shape index (κ1) is 132. The fourth-order valence-electron chi connectivity index (χ4n) is 12.8. The van der Waals surface area contributed by atoms with Crippen molar-refractivity contribution in [2.24, 2.45) is 41.1 Å². The number of benzene rings is 5. The first-order chi connectivity index (χ1) is 66.0. The van der Waals surface area contributed by atoms with E-state index in [1.54, 1.807) is 119 Å². The maximum absolute atomic E-state index is 12.8. The summed E-state index contributed by atoms with van der Waals surface area (Å²) in [6.45, 7) is 40.3. The van der Waals surface area contributed by atoms with Gasteiger partial charge < -0.3 is 103 Å². The van der Waals surface area contributed by atoms with E-state index in [-0.39, 0.29) is 103 Å². The summed E-state index contributed by atoms with van der Waals surface area (Å²) < 4.78 is 68.1. The van der Waals surface area contributed by atoms with Gasteiger partial charge in [0.15, 0.2) is 0 Å². The Morgan fingerprint density at radius 2 is 0.556 bits per heavy atom. The highest BCUT2D eigenvalue weighted by atomic mass is 19.4. The number of ether oxygens (including phenoxy) is 6. The van der Waals surface area contributed by atoms with E-state index >= 15 is 0 Å². The first-order valence-corrected chi connectivity index (χ1v) is 47.7.